The van der Waals surface area contributed by atoms with Crippen LogP contribution in [0.4, 0.5) is 10.3 Å². The molecule has 0 bridgehead atoms. The van der Waals surface area contributed by atoms with Crippen molar-refractivity contribution >= 4 is 17.8 Å². The third-order valence-corrected chi connectivity index (χ3v) is 5.63. The molecule has 10 heteroatoms. The number of aromatic nitrogens is 4. The Bertz CT molecular complexity index is 1080. The third kappa shape index (κ3) is 5.71. The third-order valence-electron chi connectivity index (χ3n) is 5.63. The van der Waals surface area contributed by atoms with Crippen LogP contribution in [0, 0.1) is 5.82 Å². The average Bonchev–Trinajstić information content (AvgIpc) is 3.31. The van der Waals surface area contributed by atoms with Crippen LogP contribution in [0.25, 0.3) is 5.69 Å². The molecule has 1 atom stereocenters. The van der Waals surface area contributed by atoms with Crippen LogP contribution in [-0.2, 0) is 16.0 Å². The highest BCUT2D eigenvalue weighted by Crippen LogP contribution is 2.20. The number of para-hydroxylation sites is 1. The molecule has 4 rings (SSSR count). The van der Waals surface area contributed by atoms with E-state index in [1.165, 1.54) is 19.1 Å². The number of nitrogens with zero attached hydrogens (tertiary/aromatic N) is 5. The van der Waals surface area contributed by atoms with E-state index in [1.54, 1.807) is 16.8 Å². The molecular weight excluding hydrogens is 425 g/mol. The second-order valence-corrected chi connectivity index (χ2v) is 8.08. The van der Waals surface area contributed by atoms with Gasteiger partial charge >= 0.3 is 0 Å². The fraction of sp³-hybridized carbons (Fsp3) is 0.348. The number of halogens is 1. The first-order chi connectivity index (χ1) is 16.0. The van der Waals surface area contributed by atoms with Crippen LogP contribution in [0.5, 0.6) is 0 Å². The number of hydrogen-bond donors (Lipinski definition) is 2. The topological polar surface area (TPSA) is 105 Å². The fourth-order valence-electron chi connectivity index (χ4n) is 3.95. The Balaban J connectivity index is 1.36. The van der Waals surface area contributed by atoms with E-state index in [0.717, 1.165) is 24.1 Å². The van der Waals surface area contributed by atoms with Crippen LogP contribution in [-0.4, -0.2) is 57.2 Å². The number of hydrogen-bond acceptors (Lipinski definition) is 6. The van der Waals surface area contributed by atoms with Crippen molar-refractivity contribution in [1.82, 2.24) is 30.8 Å². The first-order valence-electron chi connectivity index (χ1n) is 10.9. The number of tetrazole rings is 1. The van der Waals surface area contributed by atoms with E-state index in [9.17, 15) is 14.0 Å². The summed E-state index contributed by atoms with van der Waals surface area (Å²) in [6.07, 6.45) is 1.73. The van der Waals surface area contributed by atoms with Crippen molar-refractivity contribution in [2.45, 2.75) is 38.3 Å². The molecule has 1 aliphatic heterocycles. The summed E-state index contributed by atoms with van der Waals surface area (Å²) in [7, 11) is 0. The van der Waals surface area contributed by atoms with Crippen molar-refractivity contribution in [1.29, 1.82) is 0 Å². The Morgan fingerprint density at radius 2 is 1.79 bits per heavy atom. The maximum Gasteiger partial charge on any atom is 0.250 e. The van der Waals surface area contributed by atoms with Crippen molar-refractivity contribution in [2.75, 3.05) is 18.0 Å². The van der Waals surface area contributed by atoms with Crippen LogP contribution in [0.3, 0.4) is 0 Å². The molecule has 2 amide bonds. The van der Waals surface area contributed by atoms with Crippen molar-refractivity contribution in [3.05, 3.63) is 66.0 Å². The van der Waals surface area contributed by atoms with E-state index >= 15 is 0 Å². The molecule has 0 aliphatic carbocycles. The number of nitrogens with one attached hydrogen (secondary N) is 2. The van der Waals surface area contributed by atoms with Gasteiger partial charge in [-0.15, -0.1) is 0 Å². The monoisotopic (exact) mass is 451 g/mol. The van der Waals surface area contributed by atoms with Gasteiger partial charge in [-0.2, -0.15) is 4.68 Å². The highest BCUT2D eigenvalue weighted by atomic mass is 19.1. The molecule has 3 aromatic rings. The highest BCUT2D eigenvalue weighted by Gasteiger charge is 2.27. The summed E-state index contributed by atoms with van der Waals surface area (Å²) in [5, 5.41) is 17.9. The molecule has 0 spiro atoms. The number of carbonyl (C=O) groups is 2. The first kappa shape index (κ1) is 22.4. The second-order valence-electron chi connectivity index (χ2n) is 8.08. The quantitative estimate of drug-likeness (QED) is 0.566. The molecule has 2 N–H and O–H groups in total. The zero-order chi connectivity index (χ0) is 23.2. The van der Waals surface area contributed by atoms with E-state index in [1.807, 2.05) is 30.3 Å². The van der Waals surface area contributed by atoms with Crippen LogP contribution in [0.15, 0.2) is 54.6 Å². The van der Waals surface area contributed by atoms with Crippen LogP contribution >= 0.6 is 0 Å². The Morgan fingerprint density at radius 3 is 2.45 bits per heavy atom. The molecule has 0 radical (unpaired) electrons. The van der Waals surface area contributed by atoms with E-state index in [4.69, 9.17) is 0 Å². The molecule has 2 aromatic carbocycles. The Kier molecular flexibility index (Phi) is 6.92. The van der Waals surface area contributed by atoms with Gasteiger partial charge in [0.25, 0.3) is 0 Å². The number of rotatable bonds is 7. The predicted octanol–water partition coefficient (Wildman–Crippen LogP) is 1.63. The van der Waals surface area contributed by atoms with Gasteiger partial charge in [0.15, 0.2) is 0 Å². The predicted molar refractivity (Wildman–Crippen MR) is 120 cm³/mol. The SMILES string of the molecule is CC(=O)N[C@@H](Cc1ccc(F)cc1)C(=O)NC1CCN(c2nnnn2-c2ccccc2)CC1. The summed E-state index contributed by atoms with van der Waals surface area (Å²) in [6, 6.07) is 14.8. The van der Waals surface area contributed by atoms with E-state index in [0.29, 0.717) is 19.0 Å². The van der Waals surface area contributed by atoms with E-state index in [-0.39, 0.29) is 30.1 Å². The smallest absolute Gasteiger partial charge is 0.250 e. The van der Waals surface area contributed by atoms with Gasteiger partial charge in [0.05, 0.1) is 5.69 Å². The van der Waals surface area contributed by atoms with Crippen molar-refractivity contribution < 1.29 is 14.0 Å². The minimum atomic E-state index is -0.726. The summed E-state index contributed by atoms with van der Waals surface area (Å²) in [5.74, 6) is -0.218. The molecule has 2 heterocycles. The number of anilines is 1. The van der Waals surface area contributed by atoms with Crippen molar-refractivity contribution in [3.8, 4) is 5.69 Å². The molecule has 9 nitrogen and oxygen atoms in total. The minimum Gasteiger partial charge on any atom is -0.351 e. The molecule has 172 valence electrons. The Hall–Kier alpha value is -3.82. The molecule has 1 aromatic heterocycles. The Morgan fingerprint density at radius 1 is 1.09 bits per heavy atom. The molecule has 1 fully saturated rings. The average molecular weight is 452 g/mol. The molecular formula is C23H26FN7O2. The zero-order valence-corrected chi connectivity index (χ0v) is 18.3. The highest BCUT2D eigenvalue weighted by molar-refractivity contribution is 5.87. The van der Waals surface area contributed by atoms with Gasteiger partial charge in [0.2, 0.25) is 17.8 Å². The number of amides is 2. The van der Waals surface area contributed by atoms with E-state index < -0.39 is 6.04 Å². The largest absolute Gasteiger partial charge is 0.351 e. The second kappa shape index (κ2) is 10.2. The van der Waals surface area contributed by atoms with Gasteiger partial charge < -0.3 is 15.5 Å². The number of carbonyl (C=O) groups excluding carboxylic acids is 2. The fourth-order valence-corrected chi connectivity index (χ4v) is 3.95. The lowest BCUT2D eigenvalue weighted by Crippen LogP contribution is -2.52. The van der Waals surface area contributed by atoms with Gasteiger partial charge in [0, 0.05) is 32.5 Å². The number of piperidine rings is 1. The van der Waals surface area contributed by atoms with Gasteiger partial charge in [-0.25, -0.2) is 4.39 Å². The summed E-state index contributed by atoms with van der Waals surface area (Å²) < 4.78 is 14.9. The molecule has 33 heavy (non-hydrogen) atoms. The summed E-state index contributed by atoms with van der Waals surface area (Å²) in [6.45, 7) is 2.74. The lowest BCUT2D eigenvalue weighted by atomic mass is 10.0. The summed E-state index contributed by atoms with van der Waals surface area (Å²) >= 11 is 0. The first-order valence-corrected chi connectivity index (χ1v) is 10.9. The number of benzene rings is 2. The summed E-state index contributed by atoms with van der Waals surface area (Å²) in [4.78, 5) is 26.7. The maximum absolute atomic E-state index is 13.2. The maximum atomic E-state index is 13.2. The zero-order valence-electron chi connectivity index (χ0n) is 18.3. The molecule has 1 saturated heterocycles. The molecule has 1 aliphatic rings. The normalized spacial score (nSPS) is 15.2. The lowest BCUT2D eigenvalue weighted by Gasteiger charge is -2.33. The molecule has 0 unspecified atom stereocenters. The van der Waals surface area contributed by atoms with Crippen LogP contribution < -0.4 is 15.5 Å². The lowest BCUT2D eigenvalue weighted by molar-refractivity contribution is -0.128. The van der Waals surface area contributed by atoms with Gasteiger partial charge in [-0.1, -0.05) is 35.4 Å². The summed E-state index contributed by atoms with van der Waals surface area (Å²) in [5.41, 5.74) is 1.65. The standard InChI is InChI=1S/C23H26FN7O2/c1-16(32)25-21(15-17-7-9-18(24)10-8-17)22(33)26-19-11-13-30(14-12-19)23-27-28-29-31(23)20-5-3-2-4-6-20/h2-10,19,21H,11-15H2,1H3,(H,25,32)(H,26,33)/t21-/m0/s1. The minimum absolute atomic E-state index is 0.0284. The molecule has 0 saturated carbocycles. The van der Waals surface area contributed by atoms with Gasteiger partial charge in [0.1, 0.15) is 11.9 Å². The van der Waals surface area contributed by atoms with Crippen LogP contribution in [0.2, 0.25) is 0 Å². The van der Waals surface area contributed by atoms with E-state index in [2.05, 4.69) is 31.1 Å². The van der Waals surface area contributed by atoms with Crippen LogP contribution in [0.1, 0.15) is 25.3 Å². The van der Waals surface area contributed by atoms with Gasteiger partial charge in [-0.05, 0) is 53.1 Å². The van der Waals surface area contributed by atoms with Crippen molar-refractivity contribution in [3.63, 3.8) is 0 Å². The van der Waals surface area contributed by atoms with Gasteiger partial charge in [-0.3, -0.25) is 9.59 Å². The Labute approximate surface area is 191 Å². The van der Waals surface area contributed by atoms with Crippen molar-refractivity contribution in [2.24, 2.45) is 0 Å².